The predicted octanol–water partition coefficient (Wildman–Crippen LogP) is 3.27. The van der Waals surface area contributed by atoms with Crippen LogP contribution in [0.4, 0.5) is 5.69 Å². The summed E-state index contributed by atoms with van der Waals surface area (Å²) in [6.45, 7) is 2.16. The largest absolute Gasteiger partial charge is 0.380 e. The number of benzene rings is 1. The first-order valence-electron chi connectivity index (χ1n) is 5.18. The van der Waals surface area contributed by atoms with Gasteiger partial charge in [0.1, 0.15) is 0 Å². The van der Waals surface area contributed by atoms with E-state index in [-0.39, 0.29) is 0 Å². The molecule has 2 rings (SSSR count). The van der Waals surface area contributed by atoms with E-state index in [9.17, 15) is 0 Å². The Bertz CT molecular complexity index is 337. The topological polar surface area (TPSA) is 24.1 Å². The molecule has 1 fully saturated rings. The van der Waals surface area contributed by atoms with E-state index in [2.05, 4.69) is 26.6 Å². The first-order valence-corrected chi connectivity index (χ1v) is 6.36. The standard InChI is InChI=1S/C11H14BrClN2/c12-11-9(13)4-1-5-10(11)15-8-3-2-6-14-7-8/h1,4-5,8,14-15H,2-3,6-7H2. The molecule has 1 heterocycles. The molecule has 0 radical (unpaired) electrons. The van der Waals surface area contributed by atoms with E-state index in [0.29, 0.717) is 6.04 Å². The molecule has 1 saturated heterocycles. The maximum Gasteiger partial charge on any atom is 0.0593 e. The Kier molecular flexibility index (Phi) is 3.89. The number of nitrogens with one attached hydrogen (secondary N) is 2. The summed E-state index contributed by atoms with van der Waals surface area (Å²) in [6, 6.07) is 6.40. The summed E-state index contributed by atoms with van der Waals surface area (Å²) in [7, 11) is 0. The molecule has 0 bridgehead atoms. The molecule has 1 aromatic carbocycles. The van der Waals surface area contributed by atoms with Crippen LogP contribution in [0, 0.1) is 0 Å². The van der Waals surface area contributed by atoms with E-state index in [4.69, 9.17) is 11.6 Å². The normalized spacial score (nSPS) is 21.3. The third-order valence-electron chi connectivity index (χ3n) is 2.61. The fourth-order valence-electron chi connectivity index (χ4n) is 1.81. The van der Waals surface area contributed by atoms with Crippen molar-refractivity contribution in [2.45, 2.75) is 18.9 Å². The van der Waals surface area contributed by atoms with Gasteiger partial charge in [0.2, 0.25) is 0 Å². The minimum atomic E-state index is 0.508. The van der Waals surface area contributed by atoms with Crippen LogP contribution in [0.25, 0.3) is 0 Å². The third kappa shape index (κ3) is 2.86. The van der Waals surface area contributed by atoms with E-state index in [1.165, 1.54) is 12.8 Å². The third-order valence-corrected chi connectivity index (χ3v) is 4.01. The highest BCUT2D eigenvalue weighted by molar-refractivity contribution is 9.10. The average molecular weight is 290 g/mol. The van der Waals surface area contributed by atoms with Gasteiger partial charge in [-0.2, -0.15) is 0 Å². The number of hydrogen-bond acceptors (Lipinski definition) is 2. The van der Waals surface area contributed by atoms with Crippen LogP contribution in [0.15, 0.2) is 22.7 Å². The summed E-state index contributed by atoms with van der Waals surface area (Å²) in [4.78, 5) is 0. The first-order chi connectivity index (χ1) is 7.27. The molecule has 82 valence electrons. The molecular formula is C11H14BrClN2. The van der Waals surface area contributed by atoms with Gasteiger partial charge < -0.3 is 10.6 Å². The molecule has 2 N–H and O–H groups in total. The van der Waals surface area contributed by atoms with Gasteiger partial charge in [-0.25, -0.2) is 0 Å². The summed E-state index contributed by atoms with van der Waals surface area (Å²) in [5.41, 5.74) is 1.08. The van der Waals surface area contributed by atoms with E-state index in [0.717, 1.165) is 28.3 Å². The summed E-state index contributed by atoms with van der Waals surface area (Å²) in [6.07, 6.45) is 2.45. The summed E-state index contributed by atoms with van der Waals surface area (Å²) < 4.78 is 0.956. The van der Waals surface area contributed by atoms with E-state index in [1.807, 2.05) is 18.2 Å². The second-order valence-corrected chi connectivity index (χ2v) is 4.99. The van der Waals surface area contributed by atoms with Crippen molar-refractivity contribution in [3.8, 4) is 0 Å². The average Bonchev–Trinajstić information content (AvgIpc) is 2.26. The Hall–Kier alpha value is -0.250. The highest BCUT2D eigenvalue weighted by Gasteiger charge is 2.14. The van der Waals surface area contributed by atoms with Gasteiger partial charge in [-0.3, -0.25) is 0 Å². The van der Waals surface area contributed by atoms with Gasteiger partial charge in [-0.1, -0.05) is 17.7 Å². The van der Waals surface area contributed by atoms with Crippen LogP contribution in [-0.2, 0) is 0 Å². The molecular weight excluding hydrogens is 275 g/mol. The van der Waals surface area contributed by atoms with E-state index >= 15 is 0 Å². The van der Waals surface area contributed by atoms with Gasteiger partial charge in [0.15, 0.2) is 0 Å². The quantitative estimate of drug-likeness (QED) is 0.873. The maximum atomic E-state index is 6.03. The van der Waals surface area contributed by atoms with Crippen LogP contribution in [0.5, 0.6) is 0 Å². The molecule has 0 aliphatic carbocycles. The van der Waals surface area contributed by atoms with E-state index < -0.39 is 0 Å². The fraction of sp³-hybridized carbons (Fsp3) is 0.455. The van der Waals surface area contributed by atoms with Crippen molar-refractivity contribution in [2.24, 2.45) is 0 Å². The van der Waals surface area contributed by atoms with Gasteiger partial charge in [0.05, 0.1) is 15.2 Å². The number of rotatable bonds is 2. The molecule has 1 aliphatic heterocycles. The second-order valence-electron chi connectivity index (χ2n) is 3.79. The molecule has 0 saturated carbocycles. The number of anilines is 1. The van der Waals surface area contributed by atoms with Gasteiger partial charge in [0.25, 0.3) is 0 Å². The lowest BCUT2D eigenvalue weighted by atomic mass is 10.1. The van der Waals surface area contributed by atoms with Crippen molar-refractivity contribution in [1.29, 1.82) is 0 Å². The zero-order valence-electron chi connectivity index (χ0n) is 8.39. The van der Waals surface area contributed by atoms with Crippen LogP contribution in [-0.4, -0.2) is 19.1 Å². The molecule has 2 nitrogen and oxygen atoms in total. The summed E-state index contributed by atoms with van der Waals surface area (Å²) in [5.74, 6) is 0. The zero-order chi connectivity index (χ0) is 10.7. The Balaban J connectivity index is 2.06. The van der Waals surface area contributed by atoms with Crippen molar-refractivity contribution >= 4 is 33.2 Å². The Morgan fingerprint density at radius 1 is 1.47 bits per heavy atom. The lowest BCUT2D eigenvalue weighted by molar-refractivity contribution is 0.480. The number of halogens is 2. The van der Waals surface area contributed by atoms with Crippen LogP contribution in [0.3, 0.4) is 0 Å². The summed E-state index contributed by atoms with van der Waals surface area (Å²) >= 11 is 9.52. The fourth-order valence-corrected chi connectivity index (χ4v) is 2.36. The van der Waals surface area contributed by atoms with Crippen molar-refractivity contribution in [3.63, 3.8) is 0 Å². The maximum absolute atomic E-state index is 6.03. The lowest BCUT2D eigenvalue weighted by Gasteiger charge is -2.25. The monoisotopic (exact) mass is 288 g/mol. The molecule has 15 heavy (non-hydrogen) atoms. The van der Waals surface area contributed by atoms with Gasteiger partial charge in [-0.05, 0) is 47.4 Å². The van der Waals surface area contributed by atoms with Crippen LogP contribution in [0.2, 0.25) is 5.02 Å². The lowest BCUT2D eigenvalue weighted by Crippen LogP contribution is -2.38. The van der Waals surface area contributed by atoms with Crippen molar-refractivity contribution in [3.05, 3.63) is 27.7 Å². The van der Waals surface area contributed by atoms with Crippen LogP contribution >= 0.6 is 27.5 Å². The minimum Gasteiger partial charge on any atom is -0.380 e. The molecule has 1 aliphatic rings. The highest BCUT2D eigenvalue weighted by atomic mass is 79.9. The SMILES string of the molecule is Clc1cccc(NC2CCCNC2)c1Br. The van der Waals surface area contributed by atoms with Crippen LogP contribution < -0.4 is 10.6 Å². The number of piperidine rings is 1. The van der Waals surface area contributed by atoms with Crippen LogP contribution in [0.1, 0.15) is 12.8 Å². The van der Waals surface area contributed by atoms with Gasteiger partial charge >= 0.3 is 0 Å². The Morgan fingerprint density at radius 3 is 3.07 bits per heavy atom. The van der Waals surface area contributed by atoms with E-state index in [1.54, 1.807) is 0 Å². The number of hydrogen-bond donors (Lipinski definition) is 2. The van der Waals surface area contributed by atoms with Crippen molar-refractivity contribution < 1.29 is 0 Å². The highest BCUT2D eigenvalue weighted by Crippen LogP contribution is 2.30. The Labute approximate surface area is 104 Å². The van der Waals surface area contributed by atoms with Crippen molar-refractivity contribution in [1.82, 2.24) is 5.32 Å². The Morgan fingerprint density at radius 2 is 2.33 bits per heavy atom. The smallest absolute Gasteiger partial charge is 0.0593 e. The second kappa shape index (κ2) is 5.19. The molecule has 1 unspecified atom stereocenters. The molecule has 0 aromatic heterocycles. The van der Waals surface area contributed by atoms with Gasteiger partial charge in [0, 0.05) is 12.6 Å². The molecule has 4 heteroatoms. The first kappa shape index (κ1) is 11.2. The predicted molar refractivity (Wildman–Crippen MR) is 68.7 cm³/mol. The minimum absolute atomic E-state index is 0.508. The zero-order valence-corrected chi connectivity index (χ0v) is 10.7. The molecule has 1 aromatic rings. The molecule has 0 amide bonds. The van der Waals surface area contributed by atoms with Crippen molar-refractivity contribution in [2.75, 3.05) is 18.4 Å². The molecule has 1 atom stereocenters. The summed E-state index contributed by atoms with van der Waals surface area (Å²) in [5, 5.41) is 7.63. The van der Waals surface area contributed by atoms with Gasteiger partial charge in [-0.15, -0.1) is 0 Å². The molecule has 0 spiro atoms.